The minimum atomic E-state index is -0.689. The number of hydrogen-bond acceptors (Lipinski definition) is 3. The number of amides is 1. The Morgan fingerprint density at radius 3 is 2.59 bits per heavy atom. The van der Waals surface area contributed by atoms with Gasteiger partial charge in [0, 0.05) is 23.2 Å². The molecule has 144 valence electrons. The van der Waals surface area contributed by atoms with Gasteiger partial charge in [0.2, 0.25) is 0 Å². The number of rotatable bonds is 3. The Hall–Kier alpha value is -3.68. The number of aromatic amines is 1. The van der Waals surface area contributed by atoms with Crippen molar-refractivity contribution in [2.24, 2.45) is 5.10 Å². The minimum absolute atomic E-state index is 0.00805. The fraction of sp³-hybridized carbons (Fsp3) is 0.0952. The average molecular weight is 394 g/mol. The molecule has 0 spiro atoms. The number of para-hydroxylation sites is 1. The number of carbonyl (C=O) groups is 1. The van der Waals surface area contributed by atoms with E-state index in [1.165, 1.54) is 18.2 Å². The molecular weight excluding hydrogens is 381 g/mol. The van der Waals surface area contributed by atoms with Gasteiger partial charge in [-0.25, -0.2) is 13.2 Å². The normalized spacial score (nSPS) is 17.7. The van der Waals surface area contributed by atoms with Crippen LogP contribution in [-0.4, -0.2) is 21.8 Å². The predicted molar refractivity (Wildman–Crippen MR) is 99.9 cm³/mol. The molecule has 1 N–H and O–H groups in total. The number of hydrazone groups is 1. The SMILES string of the molecule is O=C1C2=CC(Cc3cn[nH]c3)c3c(F)ccc(F)c3C2=NN1c1ccccc1F. The van der Waals surface area contributed by atoms with E-state index >= 15 is 0 Å². The van der Waals surface area contributed by atoms with Gasteiger partial charge in [-0.2, -0.15) is 15.2 Å². The second-order valence-electron chi connectivity index (χ2n) is 6.83. The third-order valence-electron chi connectivity index (χ3n) is 5.09. The van der Waals surface area contributed by atoms with E-state index in [-0.39, 0.29) is 28.1 Å². The number of halogens is 3. The highest BCUT2D eigenvalue weighted by atomic mass is 19.1. The van der Waals surface area contributed by atoms with E-state index in [2.05, 4.69) is 15.3 Å². The van der Waals surface area contributed by atoms with Gasteiger partial charge in [-0.3, -0.25) is 9.89 Å². The summed E-state index contributed by atoms with van der Waals surface area (Å²) in [5.74, 6) is -3.11. The van der Waals surface area contributed by atoms with Crippen LogP contribution in [0.1, 0.15) is 22.6 Å². The van der Waals surface area contributed by atoms with Crippen LogP contribution in [0.2, 0.25) is 0 Å². The maximum atomic E-state index is 14.8. The molecule has 5 nitrogen and oxygen atoms in total. The first-order valence-electron chi connectivity index (χ1n) is 8.90. The largest absolute Gasteiger partial charge is 0.285 e. The lowest BCUT2D eigenvalue weighted by Crippen LogP contribution is -2.25. The van der Waals surface area contributed by atoms with Crippen molar-refractivity contribution in [1.82, 2.24) is 10.2 Å². The molecule has 1 aliphatic carbocycles. The van der Waals surface area contributed by atoms with Crippen LogP contribution in [0.4, 0.5) is 18.9 Å². The molecule has 3 aromatic rings. The molecule has 0 fully saturated rings. The standard InChI is InChI=1S/C21H13F3N4O/c22-14-3-1-2-4-17(14)28-21(29)13-8-12(7-11-9-25-26-10-11)18-15(23)5-6-16(24)19(18)20(13)27-28/h1-6,8-10,12H,7H2,(H,25,26). The van der Waals surface area contributed by atoms with Crippen molar-refractivity contribution in [3.63, 3.8) is 0 Å². The molecule has 1 amide bonds. The highest BCUT2D eigenvalue weighted by molar-refractivity contribution is 6.36. The highest BCUT2D eigenvalue weighted by Gasteiger charge is 2.40. The van der Waals surface area contributed by atoms with Crippen LogP contribution in [0.3, 0.4) is 0 Å². The molecule has 8 heteroatoms. The average Bonchev–Trinajstić information content (AvgIpc) is 3.33. The van der Waals surface area contributed by atoms with E-state index in [9.17, 15) is 18.0 Å². The third kappa shape index (κ3) is 2.67. The van der Waals surface area contributed by atoms with Crippen molar-refractivity contribution in [1.29, 1.82) is 0 Å². The summed E-state index contributed by atoms with van der Waals surface area (Å²) in [6.07, 6.45) is 5.12. The van der Waals surface area contributed by atoms with E-state index in [1.807, 2.05) is 0 Å². The van der Waals surface area contributed by atoms with Crippen LogP contribution >= 0.6 is 0 Å². The molecule has 1 aliphatic heterocycles. The molecule has 29 heavy (non-hydrogen) atoms. The molecule has 0 saturated carbocycles. The summed E-state index contributed by atoms with van der Waals surface area (Å²) >= 11 is 0. The number of benzene rings is 2. The van der Waals surface area contributed by atoms with E-state index in [4.69, 9.17) is 0 Å². The molecule has 1 unspecified atom stereocenters. The van der Waals surface area contributed by atoms with Crippen molar-refractivity contribution in [2.75, 3.05) is 5.01 Å². The van der Waals surface area contributed by atoms with Gasteiger partial charge in [-0.15, -0.1) is 0 Å². The number of H-pyrrole nitrogens is 1. The van der Waals surface area contributed by atoms with Crippen LogP contribution in [0.5, 0.6) is 0 Å². The van der Waals surface area contributed by atoms with Gasteiger partial charge in [0.1, 0.15) is 28.9 Å². The number of fused-ring (bicyclic) bond motifs is 3. The third-order valence-corrected chi connectivity index (χ3v) is 5.09. The Bertz CT molecular complexity index is 1200. The van der Waals surface area contributed by atoms with Gasteiger partial charge in [0.05, 0.1) is 11.8 Å². The number of nitrogens with one attached hydrogen (secondary N) is 1. The van der Waals surface area contributed by atoms with Crippen molar-refractivity contribution >= 4 is 17.3 Å². The first-order chi connectivity index (χ1) is 14.0. The first-order valence-corrected chi connectivity index (χ1v) is 8.90. The Balaban J connectivity index is 1.69. The lowest BCUT2D eigenvalue weighted by Gasteiger charge is -2.23. The summed E-state index contributed by atoms with van der Waals surface area (Å²) in [7, 11) is 0. The number of anilines is 1. The van der Waals surface area contributed by atoms with Crippen LogP contribution in [0.25, 0.3) is 0 Å². The number of allylic oxidation sites excluding steroid dienone is 1. The van der Waals surface area contributed by atoms with Gasteiger partial charge < -0.3 is 0 Å². The monoisotopic (exact) mass is 394 g/mol. The summed E-state index contributed by atoms with van der Waals surface area (Å²) in [5.41, 5.74) is 0.913. The molecule has 0 bridgehead atoms. The smallest absolute Gasteiger partial charge is 0.280 e. The molecule has 2 heterocycles. The Morgan fingerprint density at radius 2 is 1.83 bits per heavy atom. The molecule has 2 aliphatic rings. The number of carbonyl (C=O) groups excluding carboxylic acids is 1. The van der Waals surface area contributed by atoms with Crippen LogP contribution in [0, 0.1) is 17.5 Å². The van der Waals surface area contributed by atoms with Gasteiger partial charge >= 0.3 is 0 Å². The molecule has 5 rings (SSSR count). The van der Waals surface area contributed by atoms with Crippen molar-refractivity contribution in [2.45, 2.75) is 12.3 Å². The number of aromatic nitrogens is 2. The van der Waals surface area contributed by atoms with Gasteiger partial charge in [0.15, 0.2) is 0 Å². The van der Waals surface area contributed by atoms with Crippen LogP contribution < -0.4 is 5.01 Å². The highest BCUT2D eigenvalue weighted by Crippen LogP contribution is 2.40. The molecule has 0 saturated heterocycles. The second kappa shape index (κ2) is 6.44. The summed E-state index contributed by atoms with van der Waals surface area (Å²) in [6, 6.07) is 7.73. The van der Waals surface area contributed by atoms with Crippen molar-refractivity contribution in [3.05, 3.63) is 94.6 Å². The molecular formula is C21H13F3N4O. The summed E-state index contributed by atoms with van der Waals surface area (Å²) < 4.78 is 43.7. The molecule has 0 radical (unpaired) electrons. The molecule has 1 aromatic heterocycles. The summed E-state index contributed by atoms with van der Waals surface area (Å²) in [6.45, 7) is 0. The van der Waals surface area contributed by atoms with Crippen molar-refractivity contribution in [3.8, 4) is 0 Å². The van der Waals surface area contributed by atoms with E-state index in [0.29, 0.717) is 6.42 Å². The quantitative estimate of drug-likeness (QED) is 0.734. The summed E-state index contributed by atoms with van der Waals surface area (Å²) in [4.78, 5) is 13.0. The van der Waals surface area contributed by atoms with Gasteiger partial charge in [0.25, 0.3) is 5.91 Å². The number of nitrogens with zero attached hydrogens (tertiary/aromatic N) is 3. The summed E-state index contributed by atoms with van der Waals surface area (Å²) in [5, 5.41) is 11.6. The van der Waals surface area contributed by atoms with E-state index < -0.39 is 29.3 Å². The zero-order chi connectivity index (χ0) is 20.1. The zero-order valence-electron chi connectivity index (χ0n) is 14.9. The maximum absolute atomic E-state index is 14.8. The minimum Gasteiger partial charge on any atom is -0.285 e. The number of hydrogen-bond donors (Lipinski definition) is 1. The Kier molecular flexibility index (Phi) is 3.87. The van der Waals surface area contributed by atoms with Crippen LogP contribution in [-0.2, 0) is 11.2 Å². The van der Waals surface area contributed by atoms with Gasteiger partial charge in [-0.1, -0.05) is 18.2 Å². The first kappa shape index (κ1) is 17.4. The van der Waals surface area contributed by atoms with Gasteiger partial charge in [-0.05, 0) is 36.2 Å². The molecule has 1 atom stereocenters. The second-order valence-corrected chi connectivity index (χ2v) is 6.83. The van der Waals surface area contributed by atoms with E-state index in [1.54, 1.807) is 24.5 Å². The lowest BCUT2D eigenvalue weighted by molar-refractivity contribution is -0.114. The zero-order valence-corrected chi connectivity index (χ0v) is 14.9. The maximum Gasteiger partial charge on any atom is 0.280 e. The Morgan fingerprint density at radius 1 is 1.03 bits per heavy atom. The lowest BCUT2D eigenvalue weighted by atomic mass is 9.79. The predicted octanol–water partition coefficient (Wildman–Crippen LogP) is 3.84. The van der Waals surface area contributed by atoms with Crippen molar-refractivity contribution < 1.29 is 18.0 Å². The fourth-order valence-corrected chi connectivity index (χ4v) is 3.80. The molecule has 2 aromatic carbocycles. The fourth-order valence-electron chi connectivity index (χ4n) is 3.80. The van der Waals surface area contributed by atoms with Crippen LogP contribution in [0.15, 0.2) is 65.5 Å². The topological polar surface area (TPSA) is 61.4 Å². The van der Waals surface area contributed by atoms with E-state index in [0.717, 1.165) is 22.7 Å². The Labute approximate surface area is 163 Å².